The number of aromatic nitrogens is 4. The molecule has 176 valence electrons. The van der Waals surface area contributed by atoms with E-state index >= 15 is 0 Å². The molecule has 0 unspecified atom stereocenters. The van der Waals surface area contributed by atoms with E-state index in [1.807, 2.05) is 6.92 Å². The van der Waals surface area contributed by atoms with Crippen LogP contribution in [-0.4, -0.2) is 60.3 Å². The molecule has 1 aromatic carbocycles. The molecular weight excluding hydrogens is 472 g/mol. The first-order valence-electron chi connectivity index (χ1n) is 10.6. The van der Waals surface area contributed by atoms with Gasteiger partial charge in [0.1, 0.15) is 11.5 Å². The molecule has 1 aliphatic carbocycles. The number of nitrogens with one attached hydrogen (secondary N) is 2. The van der Waals surface area contributed by atoms with E-state index in [-0.39, 0.29) is 9.90 Å². The standard InChI is InChI=1S/C20H23F2N7O2S2/c1-11-24-15-13(16(25-11)18-26-27-19(32-18)17(21)22)9-12(33(30,31)28-20(2)3-4-20)10-14(15)29-7-5-23-6-8-29/h9-10,17,23,28H,3-8H2,1-2H3. The van der Waals surface area contributed by atoms with E-state index in [2.05, 4.69) is 35.1 Å². The van der Waals surface area contributed by atoms with Gasteiger partial charge < -0.3 is 10.2 Å². The highest BCUT2D eigenvalue weighted by Gasteiger charge is 2.41. The number of alkyl halides is 2. The third-order valence-corrected chi connectivity index (χ3v) is 8.40. The summed E-state index contributed by atoms with van der Waals surface area (Å²) in [6.07, 6.45) is -1.19. The number of sulfonamides is 1. The summed E-state index contributed by atoms with van der Waals surface area (Å²) in [6, 6.07) is 3.15. The quantitative estimate of drug-likeness (QED) is 0.537. The molecular formula is C20H23F2N7O2S2. The van der Waals surface area contributed by atoms with Crippen LogP contribution in [0, 0.1) is 6.92 Å². The molecule has 33 heavy (non-hydrogen) atoms. The minimum Gasteiger partial charge on any atom is -0.367 e. The molecule has 13 heteroatoms. The van der Waals surface area contributed by atoms with Gasteiger partial charge in [0.05, 0.1) is 16.1 Å². The number of halogens is 2. The number of hydrogen-bond donors (Lipinski definition) is 2. The van der Waals surface area contributed by atoms with E-state index < -0.39 is 27.0 Å². The molecule has 0 radical (unpaired) electrons. The fourth-order valence-electron chi connectivity index (χ4n) is 3.86. The van der Waals surface area contributed by atoms with Crippen molar-refractivity contribution < 1.29 is 17.2 Å². The van der Waals surface area contributed by atoms with Gasteiger partial charge in [-0.25, -0.2) is 31.9 Å². The zero-order valence-electron chi connectivity index (χ0n) is 18.1. The number of nitrogens with zero attached hydrogens (tertiary/aromatic N) is 5. The van der Waals surface area contributed by atoms with Gasteiger partial charge in [0.15, 0.2) is 10.0 Å². The van der Waals surface area contributed by atoms with Crippen LogP contribution < -0.4 is 14.9 Å². The normalized spacial score (nSPS) is 18.3. The van der Waals surface area contributed by atoms with Gasteiger partial charge in [-0.3, -0.25) is 0 Å². The highest BCUT2D eigenvalue weighted by molar-refractivity contribution is 7.89. The zero-order chi connectivity index (χ0) is 23.4. The average Bonchev–Trinajstić information content (AvgIpc) is 3.28. The Morgan fingerprint density at radius 3 is 2.55 bits per heavy atom. The number of aryl methyl sites for hydroxylation is 1. The maximum Gasteiger partial charge on any atom is 0.291 e. The van der Waals surface area contributed by atoms with Gasteiger partial charge in [0, 0.05) is 37.1 Å². The molecule has 5 rings (SSSR count). The number of piperazine rings is 1. The molecule has 1 saturated carbocycles. The summed E-state index contributed by atoms with van der Waals surface area (Å²) in [5, 5.41) is 11.0. The number of rotatable bonds is 6. The Hall–Kier alpha value is -2.35. The van der Waals surface area contributed by atoms with Crippen molar-refractivity contribution in [1.82, 2.24) is 30.2 Å². The Labute approximate surface area is 193 Å². The third kappa shape index (κ3) is 4.42. The van der Waals surface area contributed by atoms with E-state index in [0.717, 1.165) is 37.3 Å². The number of hydrogen-bond acceptors (Lipinski definition) is 9. The highest BCUT2D eigenvalue weighted by Crippen LogP contribution is 2.39. The highest BCUT2D eigenvalue weighted by atomic mass is 32.2. The van der Waals surface area contributed by atoms with Gasteiger partial charge in [-0.2, -0.15) is 0 Å². The summed E-state index contributed by atoms with van der Waals surface area (Å²) < 4.78 is 55.6. The summed E-state index contributed by atoms with van der Waals surface area (Å²) in [5.41, 5.74) is 1.08. The van der Waals surface area contributed by atoms with E-state index in [4.69, 9.17) is 0 Å². The Balaban J connectivity index is 1.74. The number of fused-ring (bicyclic) bond motifs is 1. The minimum atomic E-state index is -3.83. The van der Waals surface area contributed by atoms with E-state index in [1.165, 1.54) is 6.07 Å². The maximum atomic E-state index is 13.3. The van der Waals surface area contributed by atoms with Gasteiger partial charge in [-0.15, -0.1) is 10.2 Å². The smallest absolute Gasteiger partial charge is 0.291 e. The fraction of sp³-hybridized carbons (Fsp3) is 0.500. The lowest BCUT2D eigenvalue weighted by Gasteiger charge is -2.30. The van der Waals surface area contributed by atoms with Crippen LogP contribution in [0.15, 0.2) is 17.0 Å². The van der Waals surface area contributed by atoms with Crippen molar-refractivity contribution in [3.63, 3.8) is 0 Å². The van der Waals surface area contributed by atoms with E-state index in [9.17, 15) is 17.2 Å². The summed E-state index contributed by atoms with van der Waals surface area (Å²) >= 11 is 0.741. The van der Waals surface area contributed by atoms with Crippen LogP contribution in [0.5, 0.6) is 0 Å². The lowest BCUT2D eigenvalue weighted by atomic mass is 10.1. The van der Waals surface area contributed by atoms with Gasteiger partial charge in [0.25, 0.3) is 6.43 Å². The molecule has 1 aliphatic heterocycles. The number of anilines is 1. The predicted octanol–water partition coefficient (Wildman–Crippen LogP) is 2.63. The third-order valence-electron chi connectivity index (χ3n) is 5.84. The molecule has 9 nitrogen and oxygen atoms in total. The van der Waals surface area contributed by atoms with Crippen molar-refractivity contribution in [3.05, 3.63) is 23.0 Å². The fourth-order valence-corrected chi connectivity index (χ4v) is 6.07. The molecule has 1 saturated heterocycles. The first kappa shape index (κ1) is 22.4. The van der Waals surface area contributed by atoms with Crippen molar-refractivity contribution in [2.75, 3.05) is 31.1 Å². The summed E-state index contributed by atoms with van der Waals surface area (Å²) in [6.45, 7) is 6.43. The largest absolute Gasteiger partial charge is 0.367 e. The average molecular weight is 496 g/mol. The molecule has 3 heterocycles. The Kier molecular flexibility index (Phi) is 5.54. The molecule has 0 amide bonds. The first-order valence-corrected chi connectivity index (χ1v) is 12.9. The minimum absolute atomic E-state index is 0.0870. The Bertz CT molecular complexity index is 1320. The van der Waals surface area contributed by atoms with Gasteiger partial charge in [-0.05, 0) is 38.8 Å². The lowest BCUT2D eigenvalue weighted by Crippen LogP contribution is -2.43. The Morgan fingerprint density at radius 2 is 1.91 bits per heavy atom. The van der Waals surface area contributed by atoms with E-state index in [1.54, 1.807) is 13.0 Å². The first-order chi connectivity index (χ1) is 15.7. The second-order valence-electron chi connectivity index (χ2n) is 8.61. The molecule has 2 aliphatic rings. The predicted molar refractivity (Wildman–Crippen MR) is 121 cm³/mol. The zero-order valence-corrected chi connectivity index (χ0v) is 19.7. The van der Waals surface area contributed by atoms with Crippen molar-refractivity contribution in [2.45, 2.75) is 43.5 Å². The van der Waals surface area contributed by atoms with Crippen LogP contribution in [0.1, 0.15) is 37.0 Å². The number of benzene rings is 1. The van der Waals surface area contributed by atoms with E-state index in [0.29, 0.717) is 41.2 Å². The van der Waals surface area contributed by atoms with Crippen LogP contribution in [0.25, 0.3) is 21.6 Å². The monoisotopic (exact) mass is 495 g/mol. The molecule has 0 atom stereocenters. The lowest BCUT2D eigenvalue weighted by molar-refractivity contribution is 0.150. The van der Waals surface area contributed by atoms with Crippen molar-refractivity contribution >= 4 is 38.0 Å². The van der Waals surface area contributed by atoms with Gasteiger partial charge in [0.2, 0.25) is 10.0 Å². The second kappa shape index (κ2) is 8.15. The Morgan fingerprint density at radius 1 is 1.18 bits per heavy atom. The van der Waals surface area contributed by atoms with Crippen LogP contribution in [0.2, 0.25) is 0 Å². The topological polar surface area (TPSA) is 113 Å². The summed E-state index contributed by atoms with van der Waals surface area (Å²) in [7, 11) is -3.83. The summed E-state index contributed by atoms with van der Waals surface area (Å²) in [5.74, 6) is 0.432. The second-order valence-corrected chi connectivity index (χ2v) is 11.3. The molecule has 0 spiro atoms. The SMILES string of the molecule is Cc1nc(-c2nnc(C(F)F)s2)c2cc(S(=O)(=O)NC3(C)CC3)cc(N3CCNCC3)c2n1. The summed E-state index contributed by atoms with van der Waals surface area (Å²) in [4.78, 5) is 11.2. The van der Waals surface area contributed by atoms with Crippen LogP contribution in [0.4, 0.5) is 14.5 Å². The van der Waals surface area contributed by atoms with Gasteiger partial charge in [-0.1, -0.05) is 11.3 Å². The van der Waals surface area contributed by atoms with Crippen LogP contribution in [-0.2, 0) is 10.0 Å². The van der Waals surface area contributed by atoms with Crippen LogP contribution >= 0.6 is 11.3 Å². The molecule has 0 bridgehead atoms. The van der Waals surface area contributed by atoms with Crippen molar-refractivity contribution in [1.29, 1.82) is 0 Å². The van der Waals surface area contributed by atoms with Crippen molar-refractivity contribution in [3.8, 4) is 10.7 Å². The molecule has 3 aromatic rings. The molecule has 2 fully saturated rings. The van der Waals surface area contributed by atoms with Gasteiger partial charge >= 0.3 is 0 Å². The molecule has 2 N–H and O–H groups in total. The molecule has 2 aromatic heterocycles. The maximum absolute atomic E-state index is 13.3. The van der Waals surface area contributed by atoms with Crippen molar-refractivity contribution in [2.24, 2.45) is 0 Å². The van der Waals surface area contributed by atoms with Crippen LogP contribution in [0.3, 0.4) is 0 Å².